The minimum atomic E-state index is -2.49. The minimum Gasteiger partial charge on any atom is -0.772 e. The number of nitrogens with zero attached hydrogens (tertiary/aromatic N) is 2. The van der Waals surface area contributed by atoms with Crippen molar-refractivity contribution >= 4 is 93.3 Å². The summed E-state index contributed by atoms with van der Waals surface area (Å²) in [5, 5.41) is 13.0. The van der Waals surface area contributed by atoms with Crippen LogP contribution in [0.15, 0.2) is 63.8 Å². The quantitative estimate of drug-likeness (QED) is 0.170. The summed E-state index contributed by atoms with van der Waals surface area (Å²) in [6.07, 6.45) is 2.86. The maximum absolute atomic E-state index is 12.9. The molecule has 2 aliphatic heterocycles. The number of carbonyl (C=O) groups is 4. The van der Waals surface area contributed by atoms with Crippen LogP contribution in [0.3, 0.4) is 0 Å². The van der Waals surface area contributed by atoms with Gasteiger partial charge in [-0.15, -0.1) is 39.9 Å². The monoisotopic (exact) mass is 647 g/mol. The van der Waals surface area contributed by atoms with Gasteiger partial charge in [-0.1, -0.05) is 23.2 Å². The number of nitrogens with one attached hydrogen (secondary N) is 1. The van der Waals surface area contributed by atoms with Crippen LogP contribution in [0.25, 0.3) is 0 Å². The normalized spacial score (nSPS) is 19.3. The van der Waals surface area contributed by atoms with Crippen molar-refractivity contribution in [1.82, 2.24) is 10.2 Å². The number of benzene rings is 1. The van der Waals surface area contributed by atoms with E-state index in [4.69, 9.17) is 23.2 Å². The molecular formula is C23H19Cl2N3O7S4. The fourth-order valence-electron chi connectivity index (χ4n) is 3.76. The number of rotatable bonds is 10. The van der Waals surface area contributed by atoms with Crippen LogP contribution in [0.4, 0.5) is 0 Å². The Hall–Kier alpha value is -2.07. The Morgan fingerprint density at radius 1 is 1.21 bits per heavy atom. The third-order valence-electron chi connectivity index (χ3n) is 5.56. The highest BCUT2D eigenvalue weighted by molar-refractivity contribution is 8.01. The molecule has 3 atom stereocenters. The number of fused-ring (bicyclic) bond motifs is 1. The number of carboxylic acids is 1. The summed E-state index contributed by atoms with van der Waals surface area (Å²) in [7, 11) is 0. The highest BCUT2D eigenvalue weighted by atomic mass is 35.5. The fraction of sp³-hybridized carbons (Fsp3) is 0.261. The number of β-lactam (4-membered cyclic amide) rings is 1. The Morgan fingerprint density at radius 3 is 2.59 bits per heavy atom. The third kappa shape index (κ3) is 7.17. The highest BCUT2D eigenvalue weighted by Crippen LogP contribution is 2.41. The molecular weight excluding hydrogens is 629 g/mol. The molecule has 4 rings (SSSR count). The van der Waals surface area contributed by atoms with Crippen molar-refractivity contribution in [2.24, 2.45) is 0 Å². The summed E-state index contributed by atoms with van der Waals surface area (Å²) in [5.41, 5.74) is 0.452. The lowest BCUT2D eigenvalue weighted by Crippen LogP contribution is -2.70. The topological polar surface area (TPSA) is 148 Å². The van der Waals surface area contributed by atoms with Crippen LogP contribution in [0, 0.1) is 0 Å². The predicted molar refractivity (Wildman–Crippen MR) is 149 cm³/mol. The van der Waals surface area contributed by atoms with Gasteiger partial charge in [0.15, 0.2) is 12.4 Å². The van der Waals surface area contributed by atoms with E-state index in [1.165, 1.54) is 52.6 Å². The second kappa shape index (κ2) is 13.1. The van der Waals surface area contributed by atoms with E-state index in [2.05, 4.69) is 5.32 Å². The number of hydrogen-bond donors (Lipinski definition) is 2. The van der Waals surface area contributed by atoms with Gasteiger partial charge < -0.3 is 15.0 Å². The first-order chi connectivity index (χ1) is 18.5. The number of aliphatic carboxylic acids is 1. The summed E-state index contributed by atoms with van der Waals surface area (Å²) in [5.74, 6) is -2.73. The van der Waals surface area contributed by atoms with Crippen molar-refractivity contribution in [2.45, 2.75) is 21.2 Å². The number of hydrogen-bond acceptors (Lipinski definition) is 9. The smallest absolute Gasteiger partial charge is 0.403 e. The van der Waals surface area contributed by atoms with Gasteiger partial charge in [0.1, 0.15) is 22.9 Å². The molecule has 39 heavy (non-hydrogen) atoms. The van der Waals surface area contributed by atoms with Crippen molar-refractivity contribution in [1.29, 1.82) is 0 Å². The predicted octanol–water partition coefficient (Wildman–Crippen LogP) is 2.42. The Balaban J connectivity index is 1.36. The molecule has 1 aromatic heterocycles. The van der Waals surface area contributed by atoms with Gasteiger partial charge in [0, 0.05) is 38.5 Å². The Bertz CT molecular complexity index is 1390. The zero-order valence-electron chi connectivity index (χ0n) is 19.7. The van der Waals surface area contributed by atoms with Crippen LogP contribution in [0.2, 0.25) is 10.0 Å². The molecule has 0 saturated carbocycles. The maximum Gasteiger partial charge on any atom is 0.403 e. The van der Waals surface area contributed by atoms with Crippen LogP contribution < -0.4 is 9.88 Å². The molecule has 2 amide bonds. The van der Waals surface area contributed by atoms with Gasteiger partial charge in [-0.2, -0.15) is 0 Å². The number of halogens is 2. The zero-order chi connectivity index (χ0) is 28.3. The van der Waals surface area contributed by atoms with Gasteiger partial charge in [0.05, 0.1) is 10.8 Å². The van der Waals surface area contributed by atoms with E-state index in [9.17, 15) is 33.0 Å². The van der Waals surface area contributed by atoms with E-state index in [1.54, 1.807) is 30.3 Å². The van der Waals surface area contributed by atoms with Crippen molar-refractivity contribution in [3.63, 3.8) is 0 Å². The maximum atomic E-state index is 12.9. The van der Waals surface area contributed by atoms with Crippen LogP contribution in [0.1, 0.15) is 4.79 Å². The van der Waals surface area contributed by atoms with Gasteiger partial charge in [-0.25, -0.2) is 9.59 Å². The molecule has 1 fully saturated rings. The lowest BCUT2D eigenvalue weighted by molar-refractivity contribution is -0.572. The second-order valence-electron chi connectivity index (χ2n) is 8.15. The summed E-state index contributed by atoms with van der Waals surface area (Å²) in [4.78, 5) is 51.9. The number of amides is 2. The van der Waals surface area contributed by atoms with Crippen LogP contribution in [-0.2, 0) is 25.5 Å². The molecule has 0 radical (unpaired) electrons. The average Bonchev–Trinajstić information content (AvgIpc) is 2.90. The molecule has 3 heterocycles. The molecule has 2 aliphatic rings. The molecule has 1 unspecified atom stereocenters. The third-order valence-corrected chi connectivity index (χ3v) is 10.2. The minimum absolute atomic E-state index is 0.00215. The first kappa shape index (κ1) is 29.9. The molecule has 16 heteroatoms. The van der Waals surface area contributed by atoms with Crippen molar-refractivity contribution in [3.8, 4) is 0 Å². The Kier molecular flexibility index (Phi) is 10.0. The summed E-state index contributed by atoms with van der Waals surface area (Å²) >= 11 is 13.5. The molecule has 1 aromatic carbocycles. The van der Waals surface area contributed by atoms with Gasteiger partial charge in [0.2, 0.25) is 5.91 Å². The molecule has 206 valence electrons. The first-order valence-electron chi connectivity index (χ1n) is 11.1. The number of thioether (sulfide) groups is 3. The molecule has 0 spiro atoms. The van der Waals surface area contributed by atoms with Gasteiger partial charge in [0.25, 0.3) is 5.91 Å². The van der Waals surface area contributed by atoms with Crippen molar-refractivity contribution in [3.05, 3.63) is 64.0 Å². The fourth-order valence-corrected chi connectivity index (χ4v) is 7.79. The number of aromatic nitrogens is 1. The van der Waals surface area contributed by atoms with E-state index in [0.717, 1.165) is 9.46 Å². The molecule has 2 aromatic rings. The van der Waals surface area contributed by atoms with Crippen LogP contribution >= 0.6 is 58.5 Å². The first-order valence-corrected chi connectivity index (χ1v) is 16.1. The lowest BCUT2D eigenvalue weighted by atomic mass is 10.0. The molecule has 2 N–H and O–H groups in total. The Labute approximate surface area is 248 Å². The molecule has 10 nitrogen and oxygen atoms in total. The second-order valence-corrected chi connectivity index (χ2v) is 13.1. The van der Waals surface area contributed by atoms with E-state index < -0.39 is 51.9 Å². The van der Waals surface area contributed by atoms with Crippen molar-refractivity contribution < 1.29 is 37.6 Å². The van der Waals surface area contributed by atoms with Crippen LogP contribution in [-0.4, -0.2) is 76.9 Å². The lowest BCUT2D eigenvalue weighted by Gasteiger charge is -2.49. The molecule has 1 saturated heterocycles. The number of carboxylic acid groups (broad SMARTS) is 1. The summed E-state index contributed by atoms with van der Waals surface area (Å²) in [6, 6.07) is 7.30. The Morgan fingerprint density at radius 2 is 1.92 bits per heavy atom. The number of carbonyl (C=O) groups excluding carboxylic acids is 3. The zero-order valence-corrected chi connectivity index (χ0v) is 24.5. The summed E-state index contributed by atoms with van der Waals surface area (Å²) < 4.78 is 22.6. The van der Waals surface area contributed by atoms with Crippen molar-refractivity contribution in [2.75, 3.05) is 23.0 Å². The SMILES string of the molecule is O=C(CSc1cc(Cl)ccc1Cl)N[C@H]1C(=O)N2C(C(=O)O)=C(CSc3cc[n+](C(=O)CS(=O)[O-])cc3)CS[C@H]12. The van der Waals surface area contributed by atoms with E-state index >= 15 is 0 Å². The standard InChI is InChI=1S/C23H19Cl2N3O7S4/c24-13-1-2-15(25)16(7-13)37-10-17(29)26-19-21(31)28-20(23(32)33)12(9-38-22(19)28)8-36-14-3-5-27(6-4-14)18(30)11-39(34)35/h1-7,19,22H,8-11H2,(H2-,26,29,32,33,34,35)/t19-,22+/m0/s1. The largest absolute Gasteiger partial charge is 0.772 e. The van der Waals surface area contributed by atoms with E-state index in [-0.39, 0.29) is 17.2 Å². The molecule has 0 aliphatic carbocycles. The molecule has 0 bridgehead atoms. The van der Waals surface area contributed by atoms with E-state index in [1.807, 2.05) is 0 Å². The van der Waals surface area contributed by atoms with Gasteiger partial charge in [-0.05, 0) is 34.9 Å². The summed E-state index contributed by atoms with van der Waals surface area (Å²) in [6.45, 7) is 0. The van der Waals surface area contributed by atoms with Gasteiger partial charge in [-0.3, -0.25) is 18.7 Å². The van der Waals surface area contributed by atoms with Gasteiger partial charge >= 0.3 is 11.9 Å². The van der Waals surface area contributed by atoms with E-state index in [0.29, 0.717) is 26.3 Å². The number of pyridine rings is 1. The van der Waals surface area contributed by atoms with Crippen LogP contribution in [0.5, 0.6) is 0 Å². The highest BCUT2D eigenvalue weighted by Gasteiger charge is 2.54. The average molecular weight is 649 g/mol.